The van der Waals surface area contributed by atoms with Crippen LogP contribution in [0, 0.1) is 17.3 Å². The van der Waals surface area contributed by atoms with Crippen LogP contribution >= 0.6 is 15.9 Å². The Morgan fingerprint density at radius 1 is 1.35 bits per heavy atom. The van der Waals surface area contributed by atoms with Crippen LogP contribution in [0.3, 0.4) is 0 Å². The van der Waals surface area contributed by atoms with Crippen LogP contribution in [-0.4, -0.2) is 38.0 Å². The van der Waals surface area contributed by atoms with E-state index in [1.165, 1.54) is 12.8 Å². The van der Waals surface area contributed by atoms with E-state index in [1.54, 1.807) is 11.0 Å². The van der Waals surface area contributed by atoms with E-state index in [4.69, 9.17) is 4.65 Å². The second-order valence-corrected chi connectivity index (χ2v) is 9.01. The molecule has 138 valence electrons. The van der Waals surface area contributed by atoms with Gasteiger partial charge in [-0.15, -0.1) is 5.10 Å². The third kappa shape index (κ3) is 2.92. The van der Waals surface area contributed by atoms with E-state index < -0.39 is 7.12 Å². The molecule has 3 saturated carbocycles. The molecule has 0 spiro atoms. The number of nitrogens with zero attached hydrogens (tertiary/aromatic N) is 4. The first kappa shape index (κ1) is 18.1. The summed E-state index contributed by atoms with van der Waals surface area (Å²) in [5.41, 5.74) is 2.57. The quantitative estimate of drug-likeness (QED) is 0.596. The highest BCUT2D eigenvalue weighted by Crippen LogP contribution is 2.63. The van der Waals surface area contributed by atoms with Crippen molar-refractivity contribution in [1.82, 2.24) is 20.2 Å². The average molecular weight is 419 g/mol. The number of rotatable bonds is 5. The SMILES string of the molecule is CC1(C)[C@@H]2CC[C@@](C)(OB(O)c3cc(CBr)cc(-n4cnnn4)c3)[C@H]1C2. The molecule has 3 aliphatic rings. The molecule has 5 rings (SSSR count). The van der Waals surface area contributed by atoms with Gasteiger partial charge in [-0.2, -0.15) is 0 Å². The molecule has 3 atom stereocenters. The fraction of sp³-hybridized carbons (Fsp3) is 0.611. The number of hydrogen-bond donors (Lipinski definition) is 1. The van der Waals surface area contributed by atoms with Gasteiger partial charge >= 0.3 is 7.12 Å². The Balaban J connectivity index is 1.60. The van der Waals surface area contributed by atoms with Crippen LogP contribution in [0.15, 0.2) is 24.5 Å². The maximum atomic E-state index is 10.9. The monoisotopic (exact) mass is 418 g/mol. The van der Waals surface area contributed by atoms with Gasteiger partial charge in [-0.1, -0.05) is 35.8 Å². The molecule has 0 unspecified atom stereocenters. The second kappa shape index (κ2) is 6.42. The molecule has 1 heterocycles. The summed E-state index contributed by atoms with van der Waals surface area (Å²) in [5, 5.41) is 22.9. The molecule has 3 aliphatic carbocycles. The first-order valence-corrected chi connectivity index (χ1v) is 10.2. The maximum absolute atomic E-state index is 10.9. The van der Waals surface area contributed by atoms with Crippen molar-refractivity contribution in [3.05, 3.63) is 30.1 Å². The fourth-order valence-corrected chi connectivity index (χ4v) is 5.30. The smallest absolute Gasteiger partial charge is 0.423 e. The summed E-state index contributed by atoms with van der Waals surface area (Å²) in [6.07, 6.45) is 4.92. The Kier molecular flexibility index (Phi) is 4.48. The number of benzene rings is 1. The Hall–Kier alpha value is -1.25. The number of alkyl halides is 1. The maximum Gasteiger partial charge on any atom is 0.491 e. The standard InChI is InChI=1S/C18H24BBrN4O2/c1-17(2)13-4-5-18(3,16(17)8-13)26-19(25)14-6-12(10-20)7-15(9-14)24-11-21-22-23-24/h6-7,9,11,13,16,25H,4-5,8,10H2,1-3H3/t13-,16+,18-/m1/s1. The number of hydrogen-bond acceptors (Lipinski definition) is 5. The van der Waals surface area contributed by atoms with Gasteiger partial charge in [0.15, 0.2) is 0 Å². The van der Waals surface area contributed by atoms with Crippen molar-refractivity contribution in [3.63, 3.8) is 0 Å². The molecular weight excluding hydrogens is 395 g/mol. The van der Waals surface area contributed by atoms with Crippen molar-refractivity contribution in [2.45, 2.75) is 51.0 Å². The molecule has 1 aromatic carbocycles. The molecule has 0 radical (unpaired) electrons. The zero-order valence-electron chi connectivity index (χ0n) is 15.4. The van der Waals surface area contributed by atoms with E-state index in [2.05, 4.69) is 52.2 Å². The Bertz CT molecular complexity index is 798. The lowest BCUT2D eigenvalue weighted by atomic mass is 9.44. The van der Waals surface area contributed by atoms with Crippen LogP contribution in [0.5, 0.6) is 0 Å². The number of aromatic nitrogens is 4. The highest BCUT2D eigenvalue weighted by atomic mass is 79.9. The van der Waals surface area contributed by atoms with E-state index in [0.29, 0.717) is 16.7 Å². The summed E-state index contributed by atoms with van der Waals surface area (Å²) in [4.78, 5) is 0. The van der Waals surface area contributed by atoms with Crippen LogP contribution in [-0.2, 0) is 9.98 Å². The summed E-state index contributed by atoms with van der Waals surface area (Å²) in [6.45, 7) is 6.83. The molecule has 1 aromatic heterocycles. The van der Waals surface area contributed by atoms with Gasteiger partial charge in [-0.3, -0.25) is 0 Å². The third-order valence-corrected chi connectivity index (χ3v) is 7.28. The van der Waals surface area contributed by atoms with Gasteiger partial charge in [0, 0.05) is 5.33 Å². The summed E-state index contributed by atoms with van der Waals surface area (Å²) >= 11 is 3.49. The lowest BCUT2D eigenvalue weighted by Gasteiger charge is -2.64. The van der Waals surface area contributed by atoms with E-state index in [0.717, 1.165) is 29.1 Å². The molecule has 0 amide bonds. The topological polar surface area (TPSA) is 73.1 Å². The molecule has 0 aliphatic heterocycles. The van der Waals surface area contributed by atoms with Crippen LogP contribution in [0.2, 0.25) is 0 Å². The number of halogens is 1. The van der Waals surface area contributed by atoms with E-state index in [9.17, 15) is 5.02 Å². The summed E-state index contributed by atoms with van der Waals surface area (Å²) in [7, 11) is -0.970. The van der Waals surface area contributed by atoms with Crippen LogP contribution < -0.4 is 5.46 Å². The van der Waals surface area contributed by atoms with Crippen LogP contribution in [0.1, 0.15) is 45.6 Å². The number of fused-ring (bicyclic) bond motifs is 2. The van der Waals surface area contributed by atoms with Gasteiger partial charge in [0.05, 0.1) is 11.3 Å². The van der Waals surface area contributed by atoms with E-state index >= 15 is 0 Å². The van der Waals surface area contributed by atoms with Crippen molar-refractivity contribution in [3.8, 4) is 5.69 Å². The first-order valence-electron chi connectivity index (χ1n) is 9.12. The van der Waals surface area contributed by atoms with Crippen LogP contribution in [0.25, 0.3) is 5.69 Å². The van der Waals surface area contributed by atoms with Crippen molar-refractivity contribution < 1.29 is 9.68 Å². The predicted molar refractivity (Wildman–Crippen MR) is 103 cm³/mol. The minimum atomic E-state index is -0.970. The predicted octanol–water partition coefficient (Wildman–Crippen LogP) is 2.48. The molecule has 3 fully saturated rings. The highest BCUT2D eigenvalue weighted by molar-refractivity contribution is 9.08. The van der Waals surface area contributed by atoms with E-state index in [-0.39, 0.29) is 5.60 Å². The molecule has 1 N–H and O–H groups in total. The third-order valence-electron chi connectivity index (χ3n) is 6.63. The average Bonchev–Trinajstić information content (AvgIpc) is 3.15. The zero-order chi connectivity index (χ0) is 18.5. The normalized spacial score (nSPS) is 29.3. The molecule has 2 aromatic rings. The Morgan fingerprint density at radius 2 is 2.15 bits per heavy atom. The molecule has 2 bridgehead atoms. The van der Waals surface area contributed by atoms with Gasteiger partial charge < -0.3 is 9.68 Å². The van der Waals surface area contributed by atoms with Gasteiger partial charge in [0.25, 0.3) is 0 Å². The molecule has 8 heteroatoms. The number of tetrazole rings is 1. The lowest BCUT2D eigenvalue weighted by Crippen LogP contribution is -2.63. The van der Waals surface area contributed by atoms with Gasteiger partial charge in [-0.05, 0) is 77.0 Å². The fourth-order valence-electron chi connectivity index (χ4n) is 4.97. The lowest BCUT2D eigenvalue weighted by molar-refractivity contribution is -0.185. The van der Waals surface area contributed by atoms with Gasteiger partial charge in [0.1, 0.15) is 6.33 Å². The van der Waals surface area contributed by atoms with Crippen molar-refractivity contribution in [1.29, 1.82) is 0 Å². The minimum Gasteiger partial charge on any atom is -0.423 e. The van der Waals surface area contributed by atoms with Gasteiger partial charge in [0.2, 0.25) is 0 Å². The first-order chi connectivity index (χ1) is 12.3. The van der Waals surface area contributed by atoms with Crippen molar-refractivity contribution >= 4 is 28.5 Å². The van der Waals surface area contributed by atoms with Gasteiger partial charge in [-0.25, -0.2) is 4.68 Å². The molecule has 26 heavy (non-hydrogen) atoms. The Labute approximate surface area is 162 Å². The largest absolute Gasteiger partial charge is 0.491 e. The minimum absolute atomic E-state index is 0.294. The van der Waals surface area contributed by atoms with Crippen molar-refractivity contribution in [2.24, 2.45) is 17.3 Å². The van der Waals surface area contributed by atoms with Crippen molar-refractivity contribution in [2.75, 3.05) is 0 Å². The second-order valence-electron chi connectivity index (χ2n) is 8.45. The Morgan fingerprint density at radius 3 is 2.77 bits per heavy atom. The zero-order valence-corrected chi connectivity index (χ0v) is 17.0. The molecule has 0 saturated heterocycles. The highest BCUT2D eigenvalue weighted by Gasteiger charge is 2.60. The molecular formula is C18H24BBrN4O2. The van der Waals surface area contributed by atoms with E-state index in [1.807, 2.05) is 18.2 Å². The van der Waals surface area contributed by atoms with Crippen LogP contribution in [0.4, 0.5) is 0 Å². The molecule has 6 nitrogen and oxygen atoms in total. The summed E-state index contributed by atoms with van der Waals surface area (Å²) < 4.78 is 7.89. The summed E-state index contributed by atoms with van der Waals surface area (Å²) in [6, 6.07) is 5.84. The summed E-state index contributed by atoms with van der Waals surface area (Å²) in [5.74, 6) is 1.28.